The summed E-state index contributed by atoms with van der Waals surface area (Å²) in [7, 11) is 0. The van der Waals surface area contributed by atoms with Gasteiger partial charge in [0.1, 0.15) is 11.5 Å². The van der Waals surface area contributed by atoms with E-state index in [1.165, 1.54) is 48.5 Å². The molecule has 3 rings (SSSR count). The Hall–Kier alpha value is -3.75. The largest absolute Gasteiger partial charge is 0.451 e. The number of alkyl halides is 2. The van der Waals surface area contributed by atoms with Crippen molar-refractivity contribution in [3.8, 4) is 17.1 Å². The number of furan rings is 1. The van der Waals surface area contributed by atoms with Crippen molar-refractivity contribution in [2.75, 3.05) is 5.32 Å². The maximum Gasteiger partial charge on any atom is 0.387 e. The van der Waals surface area contributed by atoms with Gasteiger partial charge in [0.2, 0.25) is 0 Å². The van der Waals surface area contributed by atoms with E-state index in [0.717, 1.165) is 0 Å². The van der Waals surface area contributed by atoms with E-state index in [0.29, 0.717) is 5.56 Å². The number of halogens is 2. The van der Waals surface area contributed by atoms with Crippen molar-refractivity contribution in [1.29, 1.82) is 0 Å². The molecule has 0 saturated heterocycles. The number of carbonyl (C=O) groups is 1. The smallest absolute Gasteiger partial charge is 0.387 e. The number of benzene rings is 2. The Bertz CT molecular complexity index is 987. The molecule has 2 aromatic carbocycles. The summed E-state index contributed by atoms with van der Waals surface area (Å²) >= 11 is 0. The summed E-state index contributed by atoms with van der Waals surface area (Å²) < 4.78 is 34.7. The molecular formula is C18H12F2N2O5. The number of amides is 1. The second-order valence-electron chi connectivity index (χ2n) is 5.30. The Balaban J connectivity index is 1.80. The van der Waals surface area contributed by atoms with Crippen LogP contribution in [0.15, 0.2) is 65.1 Å². The van der Waals surface area contributed by atoms with Gasteiger partial charge in [-0.3, -0.25) is 14.9 Å². The second-order valence-corrected chi connectivity index (χ2v) is 5.30. The predicted molar refractivity (Wildman–Crippen MR) is 91.8 cm³/mol. The summed E-state index contributed by atoms with van der Waals surface area (Å²) in [6.45, 7) is -3.04. The molecule has 1 aromatic heterocycles. The van der Waals surface area contributed by atoms with Gasteiger partial charge in [0.25, 0.3) is 11.6 Å². The third kappa shape index (κ3) is 4.27. The van der Waals surface area contributed by atoms with Crippen LogP contribution in [-0.4, -0.2) is 17.4 Å². The molecule has 0 unspecified atom stereocenters. The lowest BCUT2D eigenvalue weighted by Gasteiger charge is -2.10. The van der Waals surface area contributed by atoms with E-state index in [1.54, 1.807) is 12.1 Å². The lowest BCUT2D eigenvalue weighted by Crippen LogP contribution is -2.13. The third-order valence-electron chi connectivity index (χ3n) is 3.52. The number of nitro groups is 1. The zero-order chi connectivity index (χ0) is 19.4. The molecular weight excluding hydrogens is 362 g/mol. The number of hydrogen-bond acceptors (Lipinski definition) is 5. The van der Waals surface area contributed by atoms with E-state index >= 15 is 0 Å². The first-order valence-corrected chi connectivity index (χ1v) is 7.64. The molecule has 3 aromatic rings. The average Bonchev–Trinajstić information content (AvgIpc) is 3.13. The highest BCUT2D eigenvalue weighted by atomic mass is 19.3. The fraction of sp³-hybridized carbons (Fsp3) is 0.0556. The van der Waals surface area contributed by atoms with Crippen molar-refractivity contribution >= 4 is 17.3 Å². The topological polar surface area (TPSA) is 94.6 Å². The second kappa shape index (κ2) is 7.65. The molecule has 0 bridgehead atoms. The number of nitrogens with zero attached hydrogens (tertiary/aromatic N) is 1. The Kier molecular flexibility index (Phi) is 5.11. The maximum absolute atomic E-state index is 12.4. The first-order valence-electron chi connectivity index (χ1n) is 7.64. The minimum Gasteiger partial charge on any atom is -0.451 e. The van der Waals surface area contributed by atoms with Crippen LogP contribution in [0, 0.1) is 10.1 Å². The molecule has 138 valence electrons. The van der Waals surface area contributed by atoms with Gasteiger partial charge in [-0.15, -0.1) is 0 Å². The van der Waals surface area contributed by atoms with Gasteiger partial charge in [-0.05, 0) is 24.3 Å². The van der Waals surface area contributed by atoms with Crippen molar-refractivity contribution in [2.45, 2.75) is 6.61 Å². The summed E-state index contributed by atoms with van der Waals surface area (Å²) in [6, 6.07) is 14.3. The van der Waals surface area contributed by atoms with Crippen LogP contribution >= 0.6 is 0 Å². The molecule has 27 heavy (non-hydrogen) atoms. The molecule has 7 nitrogen and oxygen atoms in total. The predicted octanol–water partition coefficient (Wildman–Crippen LogP) is 4.71. The van der Waals surface area contributed by atoms with Gasteiger partial charge in [0.15, 0.2) is 5.76 Å². The fourth-order valence-corrected chi connectivity index (χ4v) is 2.34. The number of nitrogens with one attached hydrogen (secondary N) is 1. The van der Waals surface area contributed by atoms with Crippen molar-refractivity contribution in [2.24, 2.45) is 0 Å². The Morgan fingerprint density at radius 1 is 1.11 bits per heavy atom. The quantitative estimate of drug-likeness (QED) is 0.498. The van der Waals surface area contributed by atoms with Crippen LogP contribution in [0.4, 0.5) is 20.2 Å². The van der Waals surface area contributed by atoms with Crippen molar-refractivity contribution in [3.05, 3.63) is 76.5 Å². The summed E-state index contributed by atoms with van der Waals surface area (Å²) in [5.74, 6) is -0.715. The Morgan fingerprint density at radius 3 is 2.63 bits per heavy atom. The van der Waals surface area contributed by atoms with Crippen LogP contribution in [0.25, 0.3) is 11.3 Å². The van der Waals surface area contributed by atoms with Gasteiger partial charge >= 0.3 is 6.61 Å². The summed E-state index contributed by atoms with van der Waals surface area (Å²) in [4.78, 5) is 22.6. The van der Waals surface area contributed by atoms with Gasteiger partial charge < -0.3 is 14.5 Å². The zero-order valence-corrected chi connectivity index (χ0v) is 13.6. The molecule has 0 spiro atoms. The number of non-ortho nitro benzene ring substituents is 1. The molecule has 0 aliphatic rings. The first-order chi connectivity index (χ1) is 12.9. The molecule has 0 saturated carbocycles. The molecule has 1 amide bonds. The number of rotatable bonds is 6. The van der Waals surface area contributed by atoms with Crippen molar-refractivity contribution < 1.29 is 27.7 Å². The number of para-hydroxylation sites is 2. The molecule has 0 radical (unpaired) electrons. The van der Waals surface area contributed by atoms with Gasteiger partial charge in [-0.25, -0.2) is 0 Å². The van der Waals surface area contributed by atoms with Crippen molar-refractivity contribution in [3.63, 3.8) is 0 Å². The van der Waals surface area contributed by atoms with Crippen LogP contribution in [0.1, 0.15) is 10.6 Å². The highest BCUT2D eigenvalue weighted by Crippen LogP contribution is 2.28. The molecule has 0 aliphatic carbocycles. The number of nitro benzene ring substituents is 1. The first kappa shape index (κ1) is 18.1. The Morgan fingerprint density at radius 2 is 1.89 bits per heavy atom. The van der Waals surface area contributed by atoms with Crippen LogP contribution in [0.5, 0.6) is 5.75 Å². The number of hydrogen-bond donors (Lipinski definition) is 1. The maximum atomic E-state index is 12.4. The highest BCUT2D eigenvalue weighted by molar-refractivity contribution is 6.03. The van der Waals surface area contributed by atoms with Gasteiger partial charge in [0, 0.05) is 17.7 Å². The summed E-state index contributed by atoms with van der Waals surface area (Å²) in [5.41, 5.74) is 0.355. The molecule has 1 N–H and O–H groups in total. The molecule has 9 heteroatoms. The van der Waals surface area contributed by atoms with Crippen molar-refractivity contribution in [1.82, 2.24) is 0 Å². The van der Waals surface area contributed by atoms with Crippen LogP contribution in [0.2, 0.25) is 0 Å². The summed E-state index contributed by atoms with van der Waals surface area (Å²) in [5, 5.41) is 13.3. The molecule has 1 heterocycles. The monoisotopic (exact) mass is 374 g/mol. The van der Waals surface area contributed by atoms with Gasteiger partial charge in [-0.1, -0.05) is 24.3 Å². The molecule has 0 aliphatic heterocycles. The summed E-state index contributed by atoms with van der Waals surface area (Å²) in [6.07, 6.45) is 0. The third-order valence-corrected chi connectivity index (χ3v) is 3.52. The van der Waals surface area contributed by atoms with E-state index in [1.807, 2.05) is 0 Å². The van der Waals surface area contributed by atoms with E-state index < -0.39 is 17.4 Å². The van der Waals surface area contributed by atoms with Gasteiger partial charge in [0.05, 0.1) is 10.6 Å². The lowest BCUT2D eigenvalue weighted by molar-refractivity contribution is -0.384. The van der Waals surface area contributed by atoms with Gasteiger partial charge in [-0.2, -0.15) is 8.78 Å². The lowest BCUT2D eigenvalue weighted by atomic mass is 10.1. The fourth-order valence-electron chi connectivity index (χ4n) is 2.34. The average molecular weight is 374 g/mol. The Labute approximate surface area is 151 Å². The van der Waals surface area contributed by atoms with E-state index in [2.05, 4.69) is 10.1 Å². The van der Waals surface area contributed by atoms with E-state index in [-0.39, 0.29) is 28.6 Å². The molecule has 0 atom stereocenters. The van der Waals surface area contributed by atoms with E-state index in [4.69, 9.17) is 4.42 Å². The van der Waals surface area contributed by atoms with E-state index in [9.17, 15) is 23.7 Å². The van der Waals surface area contributed by atoms with Crippen LogP contribution in [-0.2, 0) is 0 Å². The number of anilines is 1. The standard InChI is InChI=1S/C18H12F2N2O5/c19-18(20)27-15-7-2-1-6-13(15)21-17(23)16-9-8-14(26-16)11-4-3-5-12(10-11)22(24)25/h1-10,18H,(H,21,23). The zero-order valence-electron chi connectivity index (χ0n) is 13.6. The SMILES string of the molecule is O=C(Nc1ccccc1OC(F)F)c1ccc(-c2cccc([N+](=O)[O-])c2)o1. The minimum atomic E-state index is -3.04. The highest BCUT2D eigenvalue weighted by Gasteiger charge is 2.17. The van der Waals surface area contributed by atoms with Crippen LogP contribution < -0.4 is 10.1 Å². The number of ether oxygens (including phenoxy) is 1. The van der Waals surface area contributed by atoms with Crippen LogP contribution in [0.3, 0.4) is 0 Å². The molecule has 0 fully saturated rings. The minimum absolute atomic E-state index is 0.0519. The number of carbonyl (C=O) groups excluding carboxylic acids is 1. The normalized spacial score (nSPS) is 10.6.